The van der Waals surface area contributed by atoms with E-state index in [9.17, 15) is 0 Å². The van der Waals surface area contributed by atoms with Crippen LogP contribution in [-0.2, 0) is 6.42 Å². The molecular weight excluding hydrogens is 469 g/mol. The summed E-state index contributed by atoms with van der Waals surface area (Å²) in [5.41, 5.74) is 10.8. The third-order valence-corrected chi connectivity index (χ3v) is 10.6. The molecule has 1 aliphatic carbocycles. The molecule has 0 amide bonds. The Morgan fingerprint density at radius 3 is 2.54 bits per heavy atom. The van der Waals surface area contributed by atoms with Crippen LogP contribution in [0.15, 0.2) is 115 Å². The van der Waals surface area contributed by atoms with E-state index in [-0.39, 0.29) is 5.92 Å². The molecule has 0 N–H and O–H groups in total. The average Bonchev–Trinajstić information content (AvgIpc) is 3.33. The summed E-state index contributed by atoms with van der Waals surface area (Å²) < 4.78 is 9.11. The molecule has 0 saturated heterocycles. The summed E-state index contributed by atoms with van der Waals surface area (Å²) in [5, 5.41) is 2.89. The van der Waals surface area contributed by atoms with Gasteiger partial charge in [0, 0.05) is 17.5 Å². The van der Waals surface area contributed by atoms with Crippen LogP contribution in [-0.4, -0.2) is 0 Å². The van der Waals surface area contributed by atoms with Crippen molar-refractivity contribution in [2.24, 2.45) is 0 Å². The smallest absolute Gasteiger partial charge is 0.374 e. The molecule has 2 nitrogen and oxygen atoms in total. The van der Waals surface area contributed by atoms with Crippen molar-refractivity contribution in [3.63, 3.8) is 0 Å². The lowest BCUT2D eigenvalue weighted by Crippen LogP contribution is -2.44. The highest BCUT2D eigenvalue weighted by Crippen LogP contribution is 2.50. The Kier molecular flexibility index (Phi) is 4.57. The van der Waals surface area contributed by atoms with Gasteiger partial charge in [0.25, 0.3) is 8.07 Å². The van der Waals surface area contributed by atoms with E-state index in [0.717, 1.165) is 18.1 Å². The molecule has 37 heavy (non-hydrogen) atoms. The van der Waals surface area contributed by atoms with E-state index >= 15 is 0 Å². The number of fused-ring (bicyclic) bond motifs is 7. The van der Waals surface area contributed by atoms with Gasteiger partial charge in [-0.05, 0) is 70.5 Å². The predicted octanol–water partition coefficient (Wildman–Crippen LogP) is 6.77. The number of aromatic nitrogens is 1. The normalized spacial score (nSPS) is 18.1. The van der Waals surface area contributed by atoms with Crippen LogP contribution < -0.4 is 19.7 Å². The Hall–Kier alpha value is -4.00. The molecule has 0 radical (unpaired) electrons. The Bertz CT molecular complexity index is 1750. The van der Waals surface area contributed by atoms with Gasteiger partial charge in [-0.15, -0.1) is 4.34 Å². The van der Waals surface area contributed by atoms with E-state index in [1.807, 2.05) is 0 Å². The van der Waals surface area contributed by atoms with E-state index < -0.39 is 8.07 Å². The molecule has 0 saturated carbocycles. The summed E-state index contributed by atoms with van der Waals surface area (Å²) in [6.07, 6.45) is 5.67. The molecule has 1 aromatic heterocycles. The molecule has 2 bridgehead atoms. The van der Waals surface area contributed by atoms with Gasteiger partial charge in [-0.3, -0.25) is 0 Å². The van der Waals surface area contributed by atoms with Gasteiger partial charge in [-0.2, -0.15) is 0 Å². The van der Waals surface area contributed by atoms with Crippen LogP contribution in [0.3, 0.4) is 0 Å². The first-order valence-corrected chi connectivity index (χ1v) is 14.2. The van der Waals surface area contributed by atoms with Gasteiger partial charge in [-0.25, -0.2) is 0 Å². The number of hydrogen-bond donors (Lipinski definition) is 0. The number of benzene rings is 4. The molecule has 2 unspecified atom stereocenters. The fourth-order valence-corrected chi connectivity index (χ4v) is 9.03. The van der Waals surface area contributed by atoms with Crippen LogP contribution in [0, 0.1) is 6.92 Å². The van der Waals surface area contributed by atoms with Crippen LogP contribution in [0.4, 0.5) is 0 Å². The highest BCUT2D eigenvalue weighted by atomic mass is 31.1. The second-order valence-electron chi connectivity index (χ2n) is 10.0. The SMILES string of the molecule is Cc1c2cccc1C1=CC(c3ccccc3)c3ccc4c(c31)P(c1ccccc1C4)[n+]1ccccc1O2. The fourth-order valence-electron chi connectivity index (χ4n) is 6.29. The van der Waals surface area contributed by atoms with Crippen LogP contribution in [0.25, 0.3) is 5.57 Å². The van der Waals surface area contributed by atoms with Gasteiger partial charge in [0.15, 0.2) is 6.20 Å². The summed E-state index contributed by atoms with van der Waals surface area (Å²) in [5.74, 6) is 2.04. The number of allylic oxidation sites excluding steroid dienone is 1. The Balaban J connectivity index is 1.52. The second kappa shape index (κ2) is 8.00. The highest BCUT2D eigenvalue weighted by Gasteiger charge is 2.43. The van der Waals surface area contributed by atoms with E-state index in [0.29, 0.717) is 0 Å². The van der Waals surface area contributed by atoms with Gasteiger partial charge < -0.3 is 4.74 Å². The van der Waals surface area contributed by atoms with Crippen molar-refractivity contribution in [3.8, 4) is 11.6 Å². The minimum Gasteiger partial charge on any atom is -0.405 e. The average molecular weight is 495 g/mol. The lowest BCUT2D eigenvalue weighted by molar-refractivity contribution is -0.516. The van der Waals surface area contributed by atoms with Crippen molar-refractivity contribution in [1.29, 1.82) is 0 Å². The van der Waals surface area contributed by atoms with E-state index in [4.69, 9.17) is 4.74 Å². The lowest BCUT2D eigenvalue weighted by Gasteiger charge is -2.28. The number of pyridine rings is 1. The zero-order valence-electron chi connectivity index (χ0n) is 20.6. The monoisotopic (exact) mass is 494 g/mol. The number of rotatable bonds is 1. The molecule has 2 atom stereocenters. The Labute approximate surface area is 218 Å². The molecule has 2 aliphatic heterocycles. The topological polar surface area (TPSA) is 13.1 Å². The summed E-state index contributed by atoms with van der Waals surface area (Å²) in [6, 6.07) is 37.5. The van der Waals surface area contributed by atoms with Crippen LogP contribution in [0.5, 0.6) is 11.6 Å². The van der Waals surface area contributed by atoms with Gasteiger partial charge in [0.1, 0.15) is 5.75 Å². The maximum absolute atomic E-state index is 6.71. The highest BCUT2D eigenvalue weighted by molar-refractivity contribution is 7.67. The fraction of sp³-hybridized carbons (Fsp3) is 0.0882. The quantitative estimate of drug-likeness (QED) is 0.230. The van der Waals surface area contributed by atoms with Gasteiger partial charge >= 0.3 is 5.88 Å². The van der Waals surface area contributed by atoms with E-state index in [1.54, 1.807) is 0 Å². The minimum absolute atomic E-state index is 0.232. The molecular formula is C34H25NOP+. The number of nitrogens with zero attached hydrogens (tertiary/aromatic N) is 1. The van der Waals surface area contributed by atoms with Crippen molar-refractivity contribution in [1.82, 2.24) is 0 Å². The standard InChI is InChI=1S/C34H25NOP/c1-22-26-13-9-14-30(22)36-32-16-7-8-19-35(32)37-31-15-6-5-12-24(31)20-25-17-18-27-28(23-10-3-2-4-11-23)21-29(26)33(27)34(25)37/h2-19,21,28H,20H2,1H3/q+1. The zero-order chi connectivity index (χ0) is 24.5. The first-order valence-electron chi connectivity index (χ1n) is 12.9. The maximum atomic E-state index is 6.71. The van der Waals surface area contributed by atoms with Crippen molar-refractivity contribution in [2.75, 3.05) is 0 Å². The molecule has 4 aromatic carbocycles. The van der Waals surface area contributed by atoms with Crippen LogP contribution >= 0.6 is 8.07 Å². The van der Waals surface area contributed by atoms with Crippen molar-refractivity contribution in [2.45, 2.75) is 19.3 Å². The third-order valence-electron chi connectivity index (χ3n) is 8.01. The van der Waals surface area contributed by atoms with Gasteiger partial charge in [-0.1, -0.05) is 78.9 Å². The van der Waals surface area contributed by atoms with E-state index in [1.165, 1.54) is 55.1 Å². The molecule has 8 rings (SSSR count). The lowest BCUT2D eigenvalue weighted by atomic mass is 9.90. The first-order chi connectivity index (χ1) is 18.3. The maximum Gasteiger partial charge on any atom is 0.374 e. The van der Waals surface area contributed by atoms with Crippen molar-refractivity contribution >= 4 is 24.3 Å². The summed E-state index contributed by atoms with van der Waals surface area (Å²) in [4.78, 5) is 0. The predicted molar refractivity (Wildman–Crippen MR) is 151 cm³/mol. The van der Waals surface area contributed by atoms with Crippen molar-refractivity contribution < 1.29 is 9.07 Å². The summed E-state index contributed by atoms with van der Waals surface area (Å²) >= 11 is 0. The van der Waals surface area contributed by atoms with E-state index in [2.05, 4.69) is 127 Å². The number of hydrogen-bond acceptors (Lipinski definition) is 1. The zero-order valence-corrected chi connectivity index (χ0v) is 21.5. The first kappa shape index (κ1) is 21.1. The summed E-state index contributed by atoms with van der Waals surface area (Å²) in [7, 11) is -0.871. The second-order valence-corrected chi connectivity index (χ2v) is 12.0. The van der Waals surface area contributed by atoms with Crippen LogP contribution in [0.1, 0.15) is 44.9 Å². The van der Waals surface area contributed by atoms with Gasteiger partial charge in [0.05, 0.1) is 16.7 Å². The molecule has 3 heteroatoms. The Morgan fingerprint density at radius 1 is 0.784 bits per heavy atom. The molecule has 5 aromatic rings. The minimum atomic E-state index is -0.871. The van der Waals surface area contributed by atoms with Gasteiger partial charge in [0.2, 0.25) is 0 Å². The molecule has 3 heterocycles. The Morgan fingerprint density at radius 2 is 1.62 bits per heavy atom. The molecule has 0 fully saturated rings. The molecule has 3 aliphatic rings. The molecule has 0 spiro atoms. The largest absolute Gasteiger partial charge is 0.405 e. The number of ether oxygens (including phenoxy) is 1. The third kappa shape index (κ3) is 3.06. The summed E-state index contributed by atoms with van der Waals surface area (Å²) in [6.45, 7) is 2.20. The van der Waals surface area contributed by atoms with Crippen LogP contribution in [0.2, 0.25) is 0 Å². The molecule has 176 valence electrons. The van der Waals surface area contributed by atoms with Crippen molar-refractivity contribution in [3.05, 3.63) is 154 Å².